The minimum atomic E-state index is -1.10. The molecule has 2 heteroatoms. The summed E-state index contributed by atoms with van der Waals surface area (Å²) >= 11 is 0. The molecule has 0 aromatic heterocycles. The number of halogens is 1. The molecule has 0 heterocycles. The third-order valence-corrected chi connectivity index (χ3v) is 3.46. The Morgan fingerprint density at radius 1 is 0.947 bits per heavy atom. The van der Waals surface area contributed by atoms with Crippen LogP contribution in [0.5, 0.6) is 0 Å². The summed E-state index contributed by atoms with van der Waals surface area (Å²) in [7, 11) is 0. The lowest BCUT2D eigenvalue weighted by molar-refractivity contribution is 0.102. The quantitative estimate of drug-likeness (QED) is 0.877. The molecule has 0 aliphatic rings. The largest absolute Gasteiger partial charge is 0.381 e. The van der Waals surface area contributed by atoms with E-state index in [4.69, 9.17) is 0 Å². The van der Waals surface area contributed by atoms with Gasteiger partial charge in [0, 0.05) is 0 Å². The van der Waals surface area contributed by atoms with Gasteiger partial charge in [0.25, 0.3) is 0 Å². The lowest BCUT2D eigenvalue weighted by Gasteiger charge is -2.24. The molecular weight excluding hydrogens is 239 g/mol. The van der Waals surface area contributed by atoms with E-state index in [1.807, 2.05) is 24.3 Å². The van der Waals surface area contributed by atoms with Crippen LogP contribution < -0.4 is 0 Å². The Hall–Kier alpha value is -1.67. The van der Waals surface area contributed by atoms with E-state index in [9.17, 15) is 9.50 Å². The van der Waals surface area contributed by atoms with Crippen molar-refractivity contribution in [1.29, 1.82) is 0 Å². The average molecular weight is 258 g/mol. The van der Waals surface area contributed by atoms with E-state index in [1.54, 1.807) is 19.1 Å². The molecule has 0 saturated heterocycles. The molecule has 1 unspecified atom stereocenters. The molecule has 0 aliphatic carbocycles. The fourth-order valence-electron chi connectivity index (χ4n) is 2.23. The minimum Gasteiger partial charge on any atom is -0.381 e. The van der Waals surface area contributed by atoms with Crippen molar-refractivity contribution in [1.82, 2.24) is 0 Å². The predicted molar refractivity (Wildman–Crippen MR) is 75.5 cm³/mol. The van der Waals surface area contributed by atoms with E-state index in [0.717, 1.165) is 18.4 Å². The summed E-state index contributed by atoms with van der Waals surface area (Å²) in [6.07, 6.45) is 2.15. The second kappa shape index (κ2) is 5.54. The van der Waals surface area contributed by atoms with Gasteiger partial charge in [-0.1, -0.05) is 49.7 Å². The van der Waals surface area contributed by atoms with Crippen molar-refractivity contribution in [3.63, 3.8) is 0 Å². The van der Waals surface area contributed by atoms with E-state index in [2.05, 4.69) is 6.92 Å². The first-order chi connectivity index (χ1) is 9.04. The second-order valence-corrected chi connectivity index (χ2v) is 5.03. The van der Waals surface area contributed by atoms with Gasteiger partial charge in [0.2, 0.25) is 0 Å². The number of hydrogen-bond acceptors (Lipinski definition) is 1. The van der Waals surface area contributed by atoms with Crippen molar-refractivity contribution in [3.8, 4) is 0 Å². The number of benzene rings is 2. The zero-order valence-corrected chi connectivity index (χ0v) is 11.4. The van der Waals surface area contributed by atoms with Crippen LogP contribution in [-0.2, 0) is 12.0 Å². The molecule has 1 nitrogen and oxygen atoms in total. The third kappa shape index (κ3) is 3.02. The lowest BCUT2D eigenvalue weighted by Crippen LogP contribution is -2.22. The monoisotopic (exact) mass is 258 g/mol. The summed E-state index contributed by atoms with van der Waals surface area (Å²) in [6, 6.07) is 13.9. The molecule has 1 atom stereocenters. The molecule has 0 aliphatic heterocycles. The van der Waals surface area contributed by atoms with Crippen LogP contribution >= 0.6 is 0 Å². The Morgan fingerprint density at radius 3 is 1.89 bits per heavy atom. The third-order valence-electron chi connectivity index (χ3n) is 3.46. The lowest BCUT2D eigenvalue weighted by atomic mass is 9.87. The summed E-state index contributed by atoms with van der Waals surface area (Å²) in [5, 5.41) is 10.6. The average Bonchev–Trinajstić information content (AvgIpc) is 2.40. The van der Waals surface area contributed by atoms with Gasteiger partial charge in [-0.3, -0.25) is 0 Å². The molecule has 2 rings (SSSR count). The molecule has 0 amide bonds. The summed E-state index contributed by atoms with van der Waals surface area (Å²) < 4.78 is 12.9. The smallest absolute Gasteiger partial charge is 0.123 e. The van der Waals surface area contributed by atoms with Crippen LogP contribution in [0.1, 0.15) is 37.0 Å². The topological polar surface area (TPSA) is 20.2 Å². The van der Waals surface area contributed by atoms with Gasteiger partial charge >= 0.3 is 0 Å². The van der Waals surface area contributed by atoms with Gasteiger partial charge in [-0.05, 0) is 42.2 Å². The minimum absolute atomic E-state index is 0.294. The molecular formula is C17H19FO. The van der Waals surface area contributed by atoms with Crippen LogP contribution in [0.15, 0.2) is 48.5 Å². The second-order valence-electron chi connectivity index (χ2n) is 5.03. The van der Waals surface area contributed by atoms with E-state index >= 15 is 0 Å². The van der Waals surface area contributed by atoms with Crippen LogP contribution in [0.2, 0.25) is 0 Å². The van der Waals surface area contributed by atoms with Gasteiger partial charge in [0.05, 0.1) is 0 Å². The highest BCUT2D eigenvalue weighted by Crippen LogP contribution is 2.29. The van der Waals surface area contributed by atoms with Crippen molar-refractivity contribution in [2.75, 3.05) is 0 Å². The molecule has 0 radical (unpaired) electrons. The fourth-order valence-corrected chi connectivity index (χ4v) is 2.23. The summed E-state index contributed by atoms with van der Waals surface area (Å²) in [5.41, 5.74) is 1.68. The van der Waals surface area contributed by atoms with Gasteiger partial charge in [-0.2, -0.15) is 0 Å². The number of aliphatic hydroxyl groups is 1. The van der Waals surface area contributed by atoms with Crippen molar-refractivity contribution < 1.29 is 9.50 Å². The fraction of sp³-hybridized carbons (Fsp3) is 0.294. The molecule has 0 spiro atoms. The highest BCUT2D eigenvalue weighted by Gasteiger charge is 2.25. The van der Waals surface area contributed by atoms with Crippen LogP contribution in [0, 0.1) is 5.82 Å². The first-order valence-electron chi connectivity index (χ1n) is 6.62. The Labute approximate surface area is 113 Å². The Bertz CT molecular complexity index is 526. The van der Waals surface area contributed by atoms with Gasteiger partial charge in [-0.25, -0.2) is 4.39 Å². The SMILES string of the molecule is CCCc1ccc(C(C)(O)c2ccc(F)cc2)cc1. The van der Waals surface area contributed by atoms with E-state index in [-0.39, 0.29) is 5.82 Å². The number of hydrogen-bond donors (Lipinski definition) is 1. The maximum atomic E-state index is 12.9. The predicted octanol–water partition coefficient (Wildman–Crippen LogP) is 4.03. The first-order valence-corrected chi connectivity index (χ1v) is 6.62. The number of rotatable bonds is 4. The van der Waals surface area contributed by atoms with Crippen molar-refractivity contribution in [2.45, 2.75) is 32.3 Å². The molecule has 1 N–H and O–H groups in total. The summed E-state index contributed by atoms with van der Waals surface area (Å²) in [6.45, 7) is 3.87. The van der Waals surface area contributed by atoms with Crippen LogP contribution in [0.4, 0.5) is 4.39 Å². The van der Waals surface area contributed by atoms with E-state index in [1.165, 1.54) is 17.7 Å². The molecule has 0 saturated carbocycles. The van der Waals surface area contributed by atoms with Crippen LogP contribution in [0.25, 0.3) is 0 Å². The maximum absolute atomic E-state index is 12.9. The Balaban J connectivity index is 2.30. The van der Waals surface area contributed by atoms with Gasteiger partial charge in [0.15, 0.2) is 0 Å². The van der Waals surface area contributed by atoms with Crippen molar-refractivity contribution in [2.24, 2.45) is 0 Å². The molecule has 0 fully saturated rings. The highest BCUT2D eigenvalue weighted by molar-refractivity contribution is 5.36. The highest BCUT2D eigenvalue weighted by atomic mass is 19.1. The zero-order valence-electron chi connectivity index (χ0n) is 11.4. The molecule has 19 heavy (non-hydrogen) atoms. The Kier molecular flexibility index (Phi) is 4.01. The van der Waals surface area contributed by atoms with Crippen molar-refractivity contribution >= 4 is 0 Å². The Morgan fingerprint density at radius 2 is 1.42 bits per heavy atom. The molecule has 2 aromatic carbocycles. The first kappa shape index (κ1) is 13.8. The van der Waals surface area contributed by atoms with E-state index in [0.29, 0.717) is 5.56 Å². The maximum Gasteiger partial charge on any atom is 0.123 e. The normalized spacial score (nSPS) is 14.1. The number of aryl methyl sites for hydroxylation is 1. The van der Waals surface area contributed by atoms with E-state index < -0.39 is 5.60 Å². The zero-order chi connectivity index (χ0) is 13.9. The standard InChI is InChI=1S/C17H19FO/c1-3-4-13-5-7-14(8-6-13)17(2,19)15-9-11-16(18)12-10-15/h5-12,19H,3-4H2,1-2H3. The van der Waals surface area contributed by atoms with Gasteiger partial charge in [0.1, 0.15) is 11.4 Å². The van der Waals surface area contributed by atoms with Gasteiger partial charge < -0.3 is 5.11 Å². The van der Waals surface area contributed by atoms with Crippen molar-refractivity contribution in [3.05, 3.63) is 71.0 Å². The molecule has 2 aromatic rings. The molecule has 0 bridgehead atoms. The molecule has 100 valence electrons. The van der Waals surface area contributed by atoms with Crippen LogP contribution in [0.3, 0.4) is 0 Å². The summed E-state index contributed by atoms with van der Waals surface area (Å²) in [4.78, 5) is 0. The summed E-state index contributed by atoms with van der Waals surface area (Å²) in [5.74, 6) is -0.294. The van der Waals surface area contributed by atoms with Crippen LogP contribution in [-0.4, -0.2) is 5.11 Å². The van der Waals surface area contributed by atoms with Gasteiger partial charge in [-0.15, -0.1) is 0 Å².